The van der Waals surface area contributed by atoms with Crippen LogP contribution in [0.25, 0.3) is 10.9 Å². The lowest BCUT2D eigenvalue weighted by Crippen LogP contribution is -2.07. The molecule has 0 amide bonds. The number of carboxylic acid groups (broad SMARTS) is 1. The molecule has 0 aliphatic rings. The summed E-state index contributed by atoms with van der Waals surface area (Å²) in [5, 5.41) is 20.4. The van der Waals surface area contributed by atoms with Gasteiger partial charge in [0.25, 0.3) is 0 Å². The molecule has 112 valence electrons. The predicted octanol–water partition coefficient (Wildman–Crippen LogP) is 3.66. The zero-order valence-corrected chi connectivity index (χ0v) is 12.3. The molecule has 0 bridgehead atoms. The van der Waals surface area contributed by atoms with E-state index >= 15 is 0 Å². The number of carboxylic acids is 1. The molecule has 22 heavy (non-hydrogen) atoms. The van der Waals surface area contributed by atoms with Crippen molar-refractivity contribution < 1.29 is 15.0 Å². The summed E-state index contributed by atoms with van der Waals surface area (Å²) in [7, 11) is 0. The Balaban J connectivity index is 2.30. The normalized spacial score (nSPS) is 11.0. The summed E-state index contributed by atoms with van der Waals surface area (Å²) < 4.78 is 1.91. The predicted molar refractivity (Wildman–Crippen MR) is 85.5 cm³/mol. The first kappa shape index (κ1) is 14.2. The minimum absolute atomic E-state index is 0.107. The lowest BCUT2D eigenvalue weighted by molar-refractivity contribution is 0.0697. The van der Waals surface area contributed by atoms with E-state index in [1.54, 1.807) is 18.2 Å². The molecular weight excluding hydrogens is 278 g/mol. The number of fused-ring (bicyclic) bond motifs is 1. The standard InChI is InChI=1S/C18H17NO3/c1-2-14-16(18(21)22)13-9-6-10-15(20)17(13)19(14)11-12-7-4-3-5-8-12/h3-10,20H,2,11H2,1H3,(H,21,22). The minimum atomic E-state index is -0.959. The fourth-order valence-electron chi connectivity index (χ4n) is 2.99. The van der Waals surface area contributed by atoms with Crippen molar-refractivity contribution in [1.29, 1.82) is 0 Å². The molecule has 4 heteroatoms. The van der Waals surface area contributed by atoms with Gasteiger partial charge in [0, 0.05) is 17.6 Å². The van der Waals surface area contributed by atoms with Gasteiger partial charge in [-0.25, -0.2) is 4.79 Å². The van der Waals surface area contributed by atoms with Crippen LogP contribution in [0, 0.1) is 0 Å². The van der Waals surface area contributed by atoms with Crippen molar-refractivity contribution in [3.8, 4) is 5.75 Å². The molecule has 0 spiro atoms. The Bertz CT molecular complexity index is 834. The van der Waals surface area contributed by atoms with E-state index < -0.39 is 5.97 Å². The maximum atomic E-state index is 11.7. The van der Waals surface area contributed by atoms with E-state index in [1.807, 2.05) is 41.8 Å². The summed E-state index contributed by atoms with van der Waals surface area (Å²) in [4.78, 5) is 11.7. The average molecular weight is 295 g/mol. The molecule has 0 radical (unpaired) electrons. The zero-order chi connectivity index (χ0) is 15.7. The Morgan fingerprint density at radius 3 is 2.45 bits per heavy atom. The number of aromatic carboxylic acids is 1. The van der Waals surface area contributed by atoms with Gasteiger partial charge in [0.1, 0.15) is 5.75 Å². The van der Waals surface area contributed by atoms with Crippen molar-refractivity contribution in [2.45, 2.75) is 19.9 Å². The number of rotatable bonds is 4. The van der Waals surface area contributed by atoms with Gasteiger partial charge in [0.05, 0.1) is 11.1 Å². The highest BCUT2D eigenvalue weighted by Crippen LogP contribution is 2.33. The number of hydrogen-bond acceptors (Lipinski definition) is 2. The van der Waals surface area contributed by atoms with E-state index in [2.05, 4.69) is 0 Å². The topological polar surface area (TPSA) is 62.5 Å². The number of aromatic nitrogens is 1. The third-order valence-corrected chi connectivity index (χ3v) is 3.90. The van der Waals surface area contributed by atoms with E-state index in [4.69, 9.17) is 0 Å². The molecule has 3 aromatic rings. The first-order valence-corrected chi connectivity index (χ1v) is 7.23. The highest BCUT2D eigenvalue weighted by molar-refractivity contribution is 6.06. The van der Waals surface area contributed by atoms with Crippen LogP contribution in [0.1, 0.15) is 28.5 Å². The summed E-state index contributed by atoms with van der Waals surface area (Å²) >= 11 is 0. The second-order valence-electron chi connectivity index (χ2n) is 5.23. The van der Waals surface area contributed by atoms with Gasteiger partial charge in [-0.15, -0.1) is 0 Å². The number of phenolic OH excluding ortho intramolecular Hbond substituents is 1. The number of para-hydroxylation sites is 1. The van der Waals surface area contributed by atoms with Gasteiger partial charge in [-0.2, -0.15) is 0 Å². The van der Waals surface area contributed by atoms with Crippen molar-refractivity contribution in [2.75, 3.05) is 0 Å². The first-order chi connectivity index (χ1) is 10.6. The third kappa shape index (κ3) is 2.22. The number of phenols is 1. The maximum Gasteiger partial charge on any atom is 0.338 e. The molecule has 1 heterocycles. The van der Waals surface area contributed by atoms with Gasteiger partial charge in [0.15, 0.2) is 0 Å². The van der Waals surface area contributed by atoms with E-state index in [0.29, 0.717) is 23.9 Å². The summed E-state index contributed by atoms with van der Waals surface area (Å²) in [6, 6.07) is 14.8. The van der Waals surface area contributed by atoms with Crippen molar-refractivity contribution in [1.82, 2.24) is 4.57 Å². The molecule has 2 N–H and O–H groups in total. The van der Waals surface area contributed by atoms with Crippen LogP contribution in [-0.2, 0) is 13.0 Å². The third-order valence-electron chi connectivity index (χ3n) is 3.90. The molecule has 2 aromatic carbocycles. The SMILES string of the molecule is CCc1c(C(=O)O)c2cccc(O)c2n1Cc1ccccc1. The van der Waals surface area contributed by atoms with E-state index in [-0.39, 0.29) is 11.3 Å². The number of benzene rings is 2. The fourth-order valence-corrected chi connectivity index (χ4v) is 2.99. The van der Waals surface area contributed by atoms with Crippen LogP contribution in [0.4, 0.5) is 0 Å². The molecule has 4 nitrogen and oxygen atoms in total. The van der Waals surface area contributed by atoms with Crippen LogP contribution < -0.4 is 0 Å². The largest absolute Gasteiger partial charge is 0.506 e. The Hall–Kier alpha value is -2.75. The van der Waals surface area contributed by atoms with Crippen molar-refractivity contribution >= 4 is 16.9 Å². The van der Waals surface area contributed by atoms with Crippen LogP contribution in [-0.4, -0.2) is 20.7 Å². The first-order valence-electron chi connectivity index (χ1n) is 7.23. The second kappa shape index (κ2) is 5.56. The molecule has 0 unspecified atom stereocenters. The molecule has 0 aliphatic heterocycles. The fraction of sp³-hybridized carbons (Fsp3) is 0.167. The van der Waals surface area contributed by atoms with Gasteiger partial charge in [0.2, 0.25) is 0 Å². The molecule has 0 saturated heterocycles. The number of carbonyl (C=O) groups is 1. The Morgan fingerprint density at radius 2 is 1.82 bits per heavy atom. The summed E-state index contributed by atoms with van der Waals surface area (Å²) in [5.41, 5.74) is 2.66. The summed E-state index contributed by atoms with van der Waals surface area (Å²) in [6.07, 6.45) is 0.586. The van der Waals surface area contributed by atoms with E-state index in [9.17, 15) is 15.0 Å². The van der Waals surface area contributed by atoms with E-state index in [0.717, 1.165) is 11.3 Å². The second-order valence-corrected chi connectivity index (χ2v) is 5.23. The van der Waals surface area contributed by atoms with Gasteiger partial charge in [-0.3, -0.25) is 0 Å². The molecule has 0 saturated carbocycles. The van der Waals surface area contributed by atoms with Crippen LogP contribution in [0.3, 0.4) is 0 Å². The molecule has 1 aromatic heterocycles. The summed E-state index contributed by atoms with van der Waals surface area (Å²) in [6.45, 7) is 2.46. The van der Waals surface area contributed by atoms with Crippen molar-refractivity contribution in [2.24, 2.45) is 0 Å². The van der Waals surface area contributed by atoms with Crippen LogP contribution in [0.2, 0.25) is 0 Å². The zero-order valence-electron chi connectivity index (χ0n) is 12.3. The average Bonchev–Trinajstić information content (AvgIpc) is 2.83. The molecular formula is C18H17NO3. The minimum Gasteiger partial charge on any atom is -0.506 e. The molecule has 0 fully saturated rings. The highest BCUT2D eigenvalue weighted by atomic mass is 16.4. The lowest BCUT2D eigenvalue weighted by atomic mass is 10.1. The number of nitrogens with zero attached hydrogens (tertiary/aromatic N) is 1. The van der Waals surface area contributed by atoms with Gasteiger partial charge in [-0.1, -0.05) is 49.4 Å². The summed E-state index contributed by atoms with van der Waals surface area (Å²) in [5.74, 6) is -0.852. The smallest absolute Gasteiger partial charge is 0.338 e. The molecule has 0 atom stereocenters. The number of hydrogen-bond donors (Lipinski definition) is 2. The monoisotopic (exact) mass is 295 g/mol. The maximum absolute atomic E-state index is 11.7. The highest BCUT2D eigenvalue weighted by Gasteiger charge is 2.22. The van der Waals surface area contributed by atoms with Gasteiger partial charge < -0.3 is 14.8 Å². The van der Waals surface area contributed by atoms with E-state index in [1.165, 1.54) is 0 Å². The lowest BCUT2D eigenvalue weighted by Gasteiger charge is -2.11. The van der Waals surface area contributed by atoms with Gasteiger partial charge >= 0.3 is 5.97 Å². The molecule has 3 rings (SSSR count). The van der Waals surface area contributed by atoms with Gasteiger partial charge in [-0.05, 0) is 18.1 Å². The number of aromatic hydroxyl groups is 1. The Labute approximate surface area is 128 Å². The molecule has 0 aliphatic carbocycles. The van der Waals surface area contributed by atoms with Crippen LogP contribution in [0.5, 0.6) is 5.75 Å². The Morgan fingerprint density at radius 1 is 1.09 bits per heavy atom. The quantitative estimate of drug-likeness (QED) is 0.772. The van der Waals surface area contributed by atoms with Crippen LogP contribution in [0.15, 0.2) is 48.5 Å². The van der Waals surface area contributed by atoms with Crippen molar-refractivity contribution in [3.63, 3.8) is 0 Å². The van der Waals surface area contributed by atoms with Crippen LogP contribution >= 0.6 is 0 Å². The Kier molecular flexibility index (Phi) is 3.59. The van der Waals surface area contributed by atoms with Crippen molar-refractivity contribution in [3.05, 3.63) is 65.4 Å².